The van der Waals surface area contributed by atoms with E-state index in [1.54, 1.807) is 36.1 Å². The van der Waals surface area contributed by atoms with Gasteiger partial charge in [-0.25, -0.2) is 8.42 Å². The van der Waals surface area contributed by atoms with Crippen molar-refractivity contribution in [3.63, 3.8) is 0 Å². The average molecular weight is 344 g/mol. The van der Waals surface area contributed by atoms with Gasteiger partial charge < -0.3 is 4.90 Å². The van der Waals surface area contributed by atoms with Crippen molar-refractivity contribution in [2.24, 2.45) is 0 Å². The number of nitrogens with zero attached hydrogens (tertiary/aromatic N) is 1. The lowest BCUT2D eigenvalue weighted by Crippen LogP contribution is -2.41. The molecule has 24 heavy (non-hydrogen) atoms. The second kappa shape index (κ2) is 6.37. The van der Waals surface area contributed by atoms with E-state index in [9.17, 15) is 13.2 Å². The maximum absolute atomic E-state index is 12.6. The Kier molecular flexibility index (Phi) is 4.43. The van der Waals surface area contributed by atoms with Gasteiger partial charge in [-0.2, -0.15) is 4.72 Å². The van der Waals surface area contributed by atoms with Gasteiger partial charge in [0.25, 0.3) is 0 Å². The summed E-state index contributed by atoms with van der Waals surface area (Å²) < 4.78 is 27.7. The number of carbonyl (C=O) groups is 1. The predicted molar refractivity (Wildman–Crippen MR) is 93.4 cm³/mol. The summed E-state index contributed by atoms with van der Waals surface area (Å²) in [5.74, 6) is -0.212. The molecule has 1 aliphatic heterocycles. The SMILES string of the molecule is Cc1ccc(N2CC[C@@H](NS(=O)(=O)c3ccccc3C)C2=O)cc1. The molecular formula is C18H20N2O3S. The van der Waals surface area contributed by atoms with Gasteiger partial charge in [-0.1, -0.05) is 35.9 Å². The Bertz CT molecular complexity index is 860. The highest BCUT2D eigenvalue weighted by molar-refractivity contribution is 7.89. The quantitative estimate of drug-likeness (QED) is 0.926. The molecule has 1 N–H and O–H groups in total. The third-order valence-corrected chi connectivity index (χ3v) is 5.86. The Labute approximate surface area is 142 Å². The normalized spacial score (nSPS) is 18.2. The molecule has 0 unspecified atom stereocenters. The van der Waals surface area contributed by atoms with Gasteiger partial charge in [0.15, 0.2) is 0 Å². The number of hydrogen-bond acceptors (Lipinski definition) is 3. The van der Waals surface area contributed by atoms with Crippen molar-refractivity contribution in [3.05, 3.63) is 59.7 Å². The zero-order chi connectivity index (χ0) is 17.3. The highest BCUT2D eigenvalue weighted by Gasteiger charge is 2.35. The van der Waals surface area contributed by atoms with E-state index in [-0.39, 0.29) is 10.8 Å². The van der Waals surface area contributed by atoms with Crippen LogP contribution in [0.1, 0.15) is 17.5 Å². The first-order chi connectivity index (χ1) is 11.4. The number of benzene rings is 2. The van der Waals surface area contributed by atoms with E-state index in [1.807, 2.05) is 31.2 Å². The maximum Gasteiger partial charge on any atom is 0.245 e. The van der Waals surface area contributed by atoms with Crippen molar-refractivity contribution in [2.75, 3.05) is 11.4 Å². The van der Waals surface area contributed by atoms with Crippen LogP contribution in [0.4, 0.5) is 5.69 Å². The molecule has 0 aromatic heterocycles. The number of carbonyl (C=O) groups excluding carboxylic acids is 1. The summed E-state index contributed by atoms with van der Waals surface area (Å²) in [4.78, 5) is 14.4. The van der Waals surface area contributed by atoms with Crippen LogP contribution in [0.15, 0.2) is 53.4 Å². The molecule has 0 radical (unpaired) electrons. The Morgan fingerprint density at radius 3 is 2.38 bits per heavy atom. The highest BCUT2D eigenvalue weighted by atomic mass is 32.2. The van der Waals surface area contributed by atoms with E-state index < -0.39 is 16.1 Å². The zero-order valence-corrected chi connectivity index (χ0v) is 14.5. The molecule has 1 heterocycles. The second-order valence-corrected chi connectivity index (χ2v) is 7.74. The van der Waals surface area contributed by atoms with Crippen LogP contribution in [0.25, 0.3) is 0 Å². The monoisotopic (exact) mass is 344 g/mol. The number of rotatable bonds is 4. The van der Waals surface area contributed by atoms with Crippen LogP contribution < -0.4 is 9.62 Å². The minimum Gasteiger partial charge on any atom is -0.311 e. The number of anilines is 1. The van der Waals surface area contributed by atoms with Crippen LogP contribution in [0, 0.1) is 13.8 Å². The summed E-state index contributed by atoms with van der Waals surface area (Å²) in [6, 6.07) is 13.7. The topological polar surface area (TPSA) is 66.5 Å². The molecule has 1 atom stereocenters. The van der Waals surface area contributed by atoms with Crippen LogP contribution in [0.3, 0.4) is 0 Å². The number of sulfonamides is 1. The fourth-order valence-electron chi connectivity index (χ4n) is 2.88. The summed E-state index contributed by atoms with van der Waals surface area (Å²) in [5.41, 5.74) is 2.57. The van der Waals surface area contributed by atoms with E-state index in [1.165, 1.54) is 0 Å². The molecular weight excluding hydrogens is 324 g/mol. The van der Waals surface area contributed by atoms with E-state index in [4.69, 9.17) is 0 Å². The molecule has 5 nitrogen and oxygen atoms in total. The molecule has 3 rings (SSSR count). The van der Waals surface area contributed by atoms with Crippen LogP contribution >= 0.6 is 0 Å². The van der Waals surface area contributed by atoms with Crippen molar-refractivity contribution in [2.45, 2.75) is 31.2 Å². The Hall–Kier alpha value is -2.18. The fourth-order valence-corrected chi connectivity index (χ4v) is 4.35. The number of aryl methyl sites for hydroxylation is 2. The van der Waals surface area contributed by atoms with Crippen molar-refractivity contribution < 1.29 is 13.2 Å². The minimum absolute atomic E-state index is 0.212. The first-order valence-electron chi connectivity index (χ1n) is 7.84. The molecule has 1 aliphatic rings. The molecule has 2 aromatic carbocycles. The molecule has 0 bridgehead atoms. The summed E-state index contributed by atoms with van der Waals surface area (Å²) in [5, 5.41) is 0. The fraction of sp³-hybridized carbons (Fsp3) is 0.278. The van der Waals surface area contributed by atoms with Gasteiger partial charge in [0.05, 0.1) is 4.90 Å². The van der Waals surface area contributed by atoms with E-state index in [0.29, 0.717) is 18.5 Å². The van der Waals surface area contributed by atoms with Crippen LogP contribution in [-0.2, 0) is 14.8 Å². The van der Waals surface area contributed by atoms with Crippen molar-refractivity contribution in [1.29, 1.82) is 0 Å². The van der Waals surface area contributed by atoms with Crippen LogP contribution in [0.2, 0.25) is 0 Å². The van der Waals surface area contributed by atoms with Gasteiger partial charge in [-0.05, 0) is 44.0 Å². The van der Waals surface area contributed by atoms with Gasteiger partial charge in [-0.15, -0.1) is 0 Å². The first kappa shape index (κ1) is 16.7. The highest BCUT2D eigenvalue weighted by Crippen LogP contribution is 2.23. The predicted octanol–water partition coefficient (Wildman–Crippen LogP) is 2.39. The zero-order valence-electron chi connectivity index (χ0n) is 13.7. The number of nitrogens with one attached hydrogen (secondary N) is 1. The third kappa shape index (κ3) is 3.20. The summed E-state index contributed by atoms with van der Waals surface area (Å²) in [6.07, 6.45) is 0.456. The maximum atomic E-state index is 12.6. The van der Waals surface area contributed by atoms with E-state index in [0.717, 1.165) is 11.3 Å². The van der Waals surface area contributed by atoms with Crippen LogP contribution in [-0.4, -0.2) is 26.9 Å². The van der Waals surface area contributed by atoms with E-state index in [2.05, 4.69) is 4.72 Å². The van der Waals surface area contributed by atoms with Gasteiger partial charge in [0.2, 0.25) is 15.9 Å². The Balaban J connectivity index is 1.79. The molecule has 126 valence electrons. The Morgan fingerprint density at radius 1 is 1.04 bits per heavy atom. The lowest BCUT2D eigenvalue weighted by atomic mass is 10.2. The van der Waals surface area contributed by atoms with Crippen molar-refractivity contribution >= 4 is 21.6 Å². The first-order valence-corrected chi connectivity index (χ1v) is 9.33. The van der Waals surface area contributed by atoms with Gasteiger partial charge in [0, 0.05) is 12.2 Å². The van der Waals surface area contributed by atoms with E-state index >= 15 is 0 Å². The summed E-state index contributed by atoms with van der Waals surface area (Å²) >= 11 is 0. The lowest BCUT2D eigenvalue weighted by molar-refractivity contribution is -0.118. The standard InChI is InChI=1S/C18H20N2O3S/c1-13-7-9-15(10-8-13)20-12-11-16(18(20)21)19-24(22,23)17-6-4-3-5-14(17)2/h3-10,16,19H,11-12H2,1-2H3/t16-/m1/s1. The van der Waals surface area contributed by atoms with Gasteiger partial charge >= 0.3 is 0 Å². The number of amides is 1. The average Bonchev–Trinajstić information content (AvgIpc) is 2.89. The molecule has 1 saturated heterocycles. The van der Waals surface area contributed by atoms with Crippen molar-refractivity contribution in [3.8, 4) is 0 Å². The second-order valence-electron chi connectivity index (χ2n) is 6.05. The molecule has 0 aliphatic carbocycles. The van der Waals surface area contributed by atoms with Gasteiger partial charge in [-0.3, -0.25) is 4.79 Å². The Morgan fingerprint density at radius 2 is 1.71 bits per heavy atom. The molecule has 0 spiro atoms. The molecule has 1 amide bonds. The summed E-state index contributed by atoms with van der Waals surface area (Å²) in [6.45, 7) is 4.22. The third-order valence-electron chi connectivity index (χ3n) is 4.23. The van der Waals surface area contributed by atoms with Crippen molar-refractivity contribution in [1.82, 2.24) is 4.72 Å². The summed E-state index contributed by atoms with van der Waals surface area (Å²) in [7, 11) is -3.72. The molecule has 1 fully saturated rings. The lowest BCUT2D eigenvalue weighted by Gasteiger charge is -2.18. The molecule has 6 heteroatoms. The molecule has 2 aromatic rings. The largest absolute Gasteiger partial charge is 0.311 e. The van der Waals surface area contributed by atoms with Gasteiger partial charge in [0.1, 0.15) is 6.04 Å². The smallest absolute Gasteiger partial charge is 0.245 e. The molecule has 0 saturated carbocycles. The number of hydrogen-bond donors (Lipinski definition) is 1. The minimum atomic E-state index is -3.72. The van der Waals surface area contributed by atoms with Crippen LogP contribution in [0.5, 0.6) is 0 Å².